The van der Waals surface area contributed by atoms with Crippen molar-refractivity contribution in [3.63, 3.8) is 0 Å². The number of rotatable bonds is 2. The Balaban J connectivity index is 2.33. The van der Waals surface area contributed by atoms with E-state index in [0.717, 1.165) is 17.7 Å². The monoisotopic (exact) mass is 233 g/mol. The Kier molecular flexibility index (Phi) is 3.13. The summed E-state index contributed by atoms with van der Waals surface area (Å²) in [6.07, 6.45) is 1.09. The summed E-state index contributed by atoms with van der Waals surface area (Å²) < 4.78 is 5.26. The summed E-state index contributed by atoms with van der Waals surface area (Å²) in [6, 6.07) is 5.46. The van der Waals surface area contributed by atoms with Gasteiger partial charge in [0, 0.05) is 25.5 Å². The molecule has 1 aromatic carbocycles. The van der Waals surface area contributed by atoms with Crippen LogP contribution in [0.25, 0.3) is 0 Å². The van der Waals surface area contributed by atoms with Gasteiger partial charge in [-0.15, -0.1) is 0 Å². The fourth-order valence-electron chi connectivity index (χ4n) is 2.02. The molecular weight excluding hydrogens is 218 g/mol. The van der Waals surface area contributed by atoms with Crippen LogP contribution in [-0.2, 0) is 16.0 Å². The van der Waals surface area contributed by atoms with Gasteiger partial charge >= 0.3 is 5.97 Å². The van der Waals surface area contributed by atoms with Gasteiger partial charge in [-0.3, -0.25) is 9.59 Å². The molecule has 0 saturated heterocycles. The molecule has 0 unspecified atom stereocenters. The number of fused-ring (bicyclic) bond motifs is 1. The van der Waals surface area contributed by atoms with Gasteiger partial charge in [-0.1, -0.05) is 13.0 Å². The highest BCUT2D eigenvalue weighted by Gasteiger charge is 2.25. The summed E-state index contributed by atoms with van der Waals surface area (Å²) in [7, 11) is 0. The number of carbonyl (C=O) groups is 2. The zero-order valence-corrected chi connectivity index (χ0v) is 10.0. The Bertz CT molecular complexity index is 468. The number of benzene rings is 1. The van der Waals surface area contributed by atoms with Gasteiger partial charge in [0.15, 0.2) is 0 Å². The molecule has 0 fully saturated rings. The van der Waals surface area contributed by atoms with Gasteiger partial charge < -0.3 is 9.64 Å². The molecule has 90 valence electrons. The third kappa shape index (κ3) is 2.16. The topological polar surface area (TPSA) is 46.6 Å². The van der Waals surface area contributed by atoms with Gasteiger partial charge in [0.1, 0.15) is 5.75 Å². The maximum Gasteiger partial charge on any atom is 0.310 e. The van der Waals surface area contributed by atoms with E-state index in [0.29, 0.717) is 18.7 Å². The molecule has 2 rings (SSSR count). The Morgan fingerprint density at radius 1 is 1.41 bits per heavy atom. The van der Waals surface area contributed by atoms with Gasteiger partial charge in [-0.25, -0.2) is 0 Å². The van der Waals surface area contributed by atoms with Crippen LogP contribution in [0.4, 0.5) is 5.69 Å². The van der Waals surface area contributed by atoms with Crippen molar-refractivity contribution in [1.29, 1.82) is 0 Å². The number of hydrogen-bond acceptors (Lipinski definition) is 3. The lowest BCUT2D eigenvalue weighted by Crippen LogP contribution is -2.25. The number of nitrogens with zero attached hydrogens (tertiary/aromatic N) is 1. The van der Waals surface area contributed by atoms with Crippen molar-refractivity contribution in [3.8, 4) is 5.75 Å². The Labute approximate surface area is 100 Å². The average molecular weight is 233 g/mol. The zero-order valence-electron chi connectivity index (χ0n) is 10.0. The van der Waals surface area contributed by atoms with E-state index >= 15 is 0 Å². The first kappa shape index (κ1) is 11.6. The molecule has 0 aromatic heterocycles. The van der Waals surface area contributed by atoms with Gasteiger partial charge in [0.2, 0.25) is 5.91 Å². The lowest BCUT2D eigenvalue weighted by atomic mass is 10.1. The Hall–Kier alpha value is -1.84. The first-order chi connectivity index (χ1) is 8.13. The zero-order chi connectivity index (χ0) is 12.4. The van der Waals surface area contributed by atoms with E-state index < -0.39 is 0 Å². The van der Waals surface area contributed by atoms with Gasteiger partial charge in [0.25, 0.3) is 0 Å². The molecule has 1 aliphatic rings. The molecule has 0 atom stereocenters. The summed E-state index contributed by atoms with van der Waals surface area (Å²) in [6.45, 7) is 3.96. The normalized spacial score (nSPS) is 13.4. The predicted octanol–water partition coefficient (Wildman–Crippen LogP) is 1.91. The highest BCUT2D eigenvalue weighted by Crippen LogP contribution is 2.35. The lowest BCUT2D eigenvalue weighted by molar-refractivity contribution is -0.134. The van der Waals surface area contributed by atoms with Crippen LogP contribution in [-0.4, -0.2) is 18.4 Å². The average Bonchev–Trinajstić information content (AvgIpc) is 2.73. The fraction of sp³-hybridized carbons (Fsp3) is 0.385. The SMILES string of the molecule is CCC(=O)Oc1cccc2c1CCN2C(C)=O. The van der Waals surface area contributed by atoms with E-state index in [1.54, 1.807) is 30.9 Å². The van der Waals surface area contributed by atoms with Crippen molar-refractivity contribution in [3.05, 3.63) is 23.8 Å². The summed E-state index contributed by atoms with van der Waals surface area (Å²) in [4.78, 5) is 24.4. The van der Waals surface area contributed by atoms with Crippen LogP contribution in [0.1, 0.15) is 25.8 Å². The van der Waals surface area contributed by atoms with E-state index in [-0.39, 0.29) is 11.9 Å². The van der Waals surface area contributed by atoms with Gasteiger partial charge in [-0.05, 0) is 18.6 Å². The number of carbonyl (C=O) groups excluding carboxylic acids is 2. The summed E-state index contributed by atoms with van der Waals surface area (Å²) >= 11 is 0. The van der Waals surface area contributed by atoms with Crippen molar-refractivity contribution in [2.75, 3.05) is 11.4 Å². The quantitative estimate of drug-likeness (QED) is 0.579. The molecule has 0 N–H and O–H groups in total. The minimum absolute atomic E-state index is 0.0164. The molecule has 4 nitrogen and oxygen atoms in total. The minimum atomic E-state index is -0.250. The minimum Gasteiger partial charge on any atom is -0.426 e. The first-order valence-electron chi connectivity index (χ1n) is 5.74. The highest BCUT2D eigenvalue weighted by molar-refractivity contribution is 5.94. The van der Waals surface area contributed by atoms with E-state index in [9.17, 15) is 9.59 Å². The van der Waals surface area contributed by atoms with E-state index in [4.69, 9.17) is 4.74 Å². The molecule has 0 bridgehead atoms. The van der Waals surface area contributed by atoms with Gasteiger partial charge in [0.05, 0.1) is 5.69 Å². The molecule has 1 aromatic rings. The second kappa shape index (κ2) is 4.57. The van der Waals surface area contributed by atoms with Crippen LogP contribution in [0.5, 0.6) is 5.75 Å². The third-order valence-corrected chi connectivity index (χ3v) is 2.88. The number of esters is 1. The molecule has 0 radical (unpaired) electrons. The largest absolute Gasteiger partial charge is 0.426 e. The Morgan fingerprint density at radius 3 is 2.82 bits per heavy atom. The molecule has 17 heavy (non-hydrogen) atoms. The number of anilines is 1. The number of ether oxygens (including phenoxy) is 1. The van der Waals surface area contributed by atoms with E-state index in [1.807, 2.05) is 6.07 Å². The summed E-state index contributed by atoms with van der Waals surface area (Å²) in [5.41, 5.74) is 1.81. The Morgan fingerprint density at radius 2 is 2.18 bits per heavy atom. The van der Waals surface area contributed by atoms with Crippen LogP contribution >= 0.6 is 0 Å². The smallest absolute Gasteiger partial charge is 0.310 e. The van der Waals surface area contributed by atoms with Crippen molar-refractivity contribution in [2.24, 2.45) is 0 Å². The van der Waals surface area contributed by atoms with E-state index in [2.05, 4.69) is 0 Å². The summed E-state index contributed by atoms with van der Waals surface area (Å²) in [5, 5.41) is 0. The third-order valence-electron chi connectivity index (χ3n) is 2.88. The second-order valence-electron chi connectivity index (χ2n) is 4.00. The van der Waals surface area contributed by atoms with Crippen LogP contribution in [0.3, 0.4) is 0 Å². The molecule has 1 amide bonds. The fourth-order valence-corrected chi connectivity index (χ4v) is 2.02. The molecule has 1 aliphatic heterocycles. The molecule has 0 spiro atoms. The molecular formula is C13H15NO3. The van der Waals surface area contributed by atoms with Crippen LogP contribution in [0.2, 0.25) is 0 Å². The molecule has 4 heteroatoms. The first-order valence-corrected chi connectivity index (χ1v) is 5.74. The van der Waals surface area contributed by atoms with Crippen LogP contribution in [0.15, 0.2) is 18.2 Å². The maximum atomic E-state index is 11.4. The standard InChI is InChI=1S/C13H15NO3/c1-3-13(16)17-12-6-4-5-11-10(12)7-8-14(11)9(2)15/h4-6H,3,7-8H2,1-2H3. The van der Waals surface area contributed by atoms with E-state index in [1.165, 1.54) is 0 Å². The molecule has 1 heterocycles. The lowest BCUT2D eigenvalue weighted by Gasteiger charge is -2.15. The maximum absolute atomic E-state index is 11.4. The van der Waals surface area contributed by atoms with Crippen LogP contribution < -0.4 is 9.64 Å². The molecule has 0 saturated carbocycles. The number of amides is 1. The highest BCUT2D eigenvalue weighted by atomic mass is 16.5. The van der Waals surface area contributed by atoms with Gasteiger partial charge in [-0.2, -0.15) is 0 Å². The van der Waals surface area contributed by atoms with Crippen molar-refractivity contribution < 1.29 is 14.3 Å². The van der Waals surface area contributed by atoms with Crippen molar-refractivity contribution in [2.45, 2.75) is 26.7 Å². The predicted molar refractivity (Wildman–Crippen MR) is 64.1 cm³/mol. The second-order valence-corrected chi connectivity index (χ2v) is 4.00. The molecule has 0 aliphatic carbocycles. The van der Waals surface area contributed by atoms with Crippen LogP contribution in [0, 0.1) is 0 Å². The summed E-state index contributed by atoms with van der Waals surface area (Å²) in [5.74, 6) is 0.348. The number of hydrogen-bond donors (Lipinski definition) is 0. The van der Waals surface area contributed by atoms with Crippen molar-refractivity contribution >= 4 is 17.6 Å². The van der Waals surface area contributed by atoms with Crippen molar-refractivity contribution in [1.82, 2.24) is 0 Å².